The smallest absolute Gasteiger partial charge is 0.0869 e. The lowest BCUT2D eigenvalue weighted by Crippen LogP contribution is -2.40. The summed E-state index contributed by atoms with van der Waals surface area (Å²) in [6.07, 6.45) is 4.77. The Morgan fingerprint density at radius 1 is 1.35 bits per heavy atom. The fourth-order valence-electron chi connectivity index (χ4n) is 2.35. The normalized spacial score (nSPS) is 22.2. The molecule has 2 heterocycles. The highest BCUT2D eigenvalue weighted by Crippen LogP contribution is 2.27. The van der Waals surface area contributed by atoms with Crippen molar-refractivity contribution in [2.75, 3.05) is 18.1 Å². The van der Waals surface area contributed by atoms with E-state index >= 15 is 0 Å². The highest BCUT2D eigenvalue weighted by atomic mass is 32.2. The van der Waals surface area contributed by atoms with Gasteiger partial charge in [0.2, 0.25) is 0 Å². The van der Waals surface area contributed by atoms with Crippen molar-refractivity contribution < 1.29 is 5.11 Å². The van der Waals surface area contributed by atoms with E-state index in [0.29, 0.717) is 6.54 Å². The summed E-state index contributed by atoms with van der Waals surface area (Å²) < 4.78 is 1.87. The maximum Gasteiger partial charge on any atom is 0.0869 e. The lowest BCUT2D eigenvalue weighted by Gasteiger charge is -2.21. The predicted molar refractivity (Wildman–Crippen MR) is 82.2 cm³/mol. The van der Waals surface area contributed by atoms with Crippen molar-refractivity contribution in [1.29, 1.82) is 0 Å². The van der Waals surface area contributed by atoms with Gasteiger partial charge in [0.1, 0.15) is 0 Å². The van der Waals surface area contributed by atoms with Gasteiger partial charge in [-0.2, -0.15) is 16.9 Å². The van der Waals surface area contributed by atoms with Gasteiger partial charge in [-0.05, 0) is 24.3 Å². The van der Waals surface area contributed by atoms with Gasteiger partial charge in [0.05, 0.1) is 17.5 Å². The van der Waals surface area contributed by atoms with E-state index in [1.54, 1.807) is 0 Å². The lowest BCUT2D eigenvalue weighted by molar-refractivity contribution is 0.0675. The summed E-state index contributed by atoms with van der Waals surface area (Å²) in [5.74, 6) is 1.90. The number of thioether (sulfide) groups is 1. The molecule has 0 aliphatic carbocycles. The van der Waals surface area contributed by atoms with E-state index in [2.05, 4.69) is 10.4 Å². The van der Waals surface area contributed by atoms with Crippen molar-refractivity contribution in [3.63, 3.8) is 0 Å². The van der Waals surface area contributed by atoms with E-state index in [4.69, 9.17) is 0 Å². The molecule has 0 amide bonds. The molecule has 0 saturated carbocycles. The van der Waals surface area contributed by atoms with Gasteiger partial charge in [-0.25, -0.2) is 4.68 Å². The molecule has 20 heavy (non-hydrogen) atoms. The van der Waals surface area contributed by atoms with Crippen LogP contribution in [0.3, 0.4) is 0 Å². The second-order valence-corrected chi connectivity index (χ2v) is 6.36. The number of hydrogen-bond donors (Lipinski definition) is 2. The zero-order valence-electron chi connectivity index (χ0n) is 11.3. The summed E-state index contributed by atoms with van der Waals surface area (Å²) in [6, 6.07) is 10.1. The monoisotopic (exact) mass is 289 g/mol. The first-order valence-electron chi connectivity index (χ1n) is 6.85. The van der Waals surface area contributed by atoms with Crippen LogP contribution >= 0.6 is 11.8 Å². The van der Waals surface area contributed by atoms with Crippen LogP contribution in [0.25, 0.3) is 5.69 Å². The highest BCUT2D eigenvalue weighted by molar-refractivity contribution is 7.99. The number of benzene rings is 1. The Morgan fingerprint density at radius 3 is 2.95 bits per heavy atom. The molecule has 4 nitrogen and oxygen atoms in total. The van der Waals surface area contributed by atoms with E-state index in [1.165, 1.54) is 0 Å². The van der Waals surface area contributed by atoms with Gasteiger partial charge in [0, 0.05) is 30.6 Å². The first-order chi connectivity index (χ1) is 9.75. The van der Waals surface area contributed by atoms with E-state index in [9.17, 15) is 5.11 Å². The average Bonchev–Trinajstić information content (AvgIpc) is 3.10. The lowest BCUT2D eigenvalue weighted by atomic mass is 10.0. The zero-order valence-corrected chi connectivity index (χ0v) is 12.1. The molecule has 0 radical (unpaired) electrons. The predicted octanol–water partition coefficient (Wildman–Crippen LogP) is 1.83. The number of aromatic nitrogens is 2. The van der Waals surface area contributed by atoms with E-state index in [-0.39, 0.29) is 0 Å². The van der Waals surface area contributed by atoms with Crippen LogP contribution in [0.15, 0.2) is 42.7 Å². The van der Waals surface area contributed by atoms with Gasteiger partial charge >= 0.3 is 0 Å². The molecule has 1 aliphatic heterocycles. The first-order valence-corrected chi connectivity index (χ1v) is 8.01. The number of nitrogens with one attached hydrogen (secondary N) is 1. The summed E-state index contributed by atoms with van der Waals surface area (Å²) >= 11 is 1.82. The van der Waals surface area contributed by atoms with Crippen LogP contribution in [0.5, 0.6) is 0 Å². The molecule has 2 N–H and O–H groups in total. The fraction of sp³-hybridized carbons (Fsp3) is 0.400. The number of para-hydroxylation sites is 1. The van der Waals surface area contributed by atoms with Crippen molar-refractivity contribution >= 4 is 11.8 Å². The van der Waals surface area contributed by atoms with Crippen LogP contribution in [0.2, 0.25) is 0 Å². The first kappa shape index (κ1) is 13.7. The van der Waals surface area contributed by atoms with Crippen molar-refractivity contribution in [2.45, 2.75) is 18.6 Å². The maximum absolute atomic E-state index is 10.2. The fourth-order valence-corrected chi connectivity index (χ4v) is 3.64. The summed E-state index contributed by atoms with van der Waals surface area (Å²) in [5, 5.41) is 17.9. The van der Waals surface area contributed by atoms with E-state index in [0.717, 1.165) is 35.7 Å². The van der Waals surface area contributed by atoms with Crippen LogP contribution in [-0.4, -0.2) is 38.5 Å². The summed E-state index contributed by atoms with van der Waals surface area (Å²) in [6.45, 7) is 1.39. The molecule has 106 valence electrons. The molecule has 1 aliphatic rings. The van der Waals surface area contributed by atoms with Gasteiger partial charge in [0.25, 0.3) is 0 Å². The van der Waals surface area contributed by atoms with Crippen LogP contribution in [0, 0.1) is 0 Å². The van der Waals surface area contributed by atoms with Crippen molar-refractivity contribution in [3.05, 3.63) is 48.3 Å². The highest BCUT2D eigenvalue weighted by Gasteiger charge is 2.30. The van der Waals surface area contributed by atoms with Gasteiger partial charge < -0.3 is 10.4 Å². The molecule has 5 heteroatoms. The Kier molecular flexibility index (Phi) is 4.10. The minimum atomic E-state index is -0.528. The molecular formula is C15H19N3OS. The topological polar surface area (TPSA) is 50.1 Å². The third kappa shape index (κ3) is 3.23. The summed E-state index contributed by atoms with van der Waals surface area (Å²) in [4.78, 5) is 0. The molecule has 1 fully saturated rings. The molecule has 1 aromatic carbocycles. The molecule has 1 saturated heterocycles. The van der Waals surface area contributed by atoms with Crippen molar-refractivity contribution in [1.82, 2.24) is 15.1 Å². The molecule has 0 bridgehead atoms. The number of aliphatic hydroxyl groups is 1. The molecule has 1 unspecified atom stereocenters. The third-order valence-corrected chi connectivity index (χ3v) is 4.76. The average molecular weight is 289 g/mol. The zero-order chi connectivity index (χ0) is 13.8. The Labute approximate surface area is 123 Å². The molecule has 1 aromatic heterocycles. The SMILES string of the molecule is OC1(CNCc2cnn(-c3ccccc3)c2)CCSC1. The number of rotatable bonds is 5. The largest absolute Gasteiger partial charge is 0.388 e. The van der Waals surface area contributed by atoms with Crippen LogP contribution in [0.4, 0.5) is 0 Å². The van der Waals surface area contributed by atoms with Gasteiger partial charge in [-0.3, -0.25) is 0 Å². The van der Waals surface area contributed by atoms with Gasteiger partial charge in [0.15, 0.2) is 0 Å². The quantitative estimate of drug-likeness (QED) is 0.882. The Morgan fingerprint density at radius 2 is 2.20 bits per heavy atom. The van der Waals surface area contributed by atoms with Gasteiger partial charge in [-0.15, -0.1) is 0 Å². The van der Waals surface area contributed by atoms with Gasteiger partial charge in [-0.1, -0.05) is 18.2 Å². The van der Waals surface area contributed by atoms with Crippen molar-refractivity contribution in [3.8, 4) is 5.69 Å². The third-order valence-electron chi connectivity index (χ3n) is 3.52. The molecule has 0 spiro atoms. The second kappa shape index (κ2) is 5.99. The molecular weight excluding hydrogens is 270 g/mol. The Balaban J connectivity index is 1.55. The van der Waals surface area contributed by atoms with Crippen LogP contribution in [0.1, 0.15) is 12.0 Å². The van der Waals surface area contributed by atoms with Crippen molar-refractivity contribution in [2.24, 2.45) is 0 Å². The summed E-state index contributed by atoms with van der Waals surface area (Å²) in [5.41, 5.74) is 1.66. The van der Waals surface area contributed by atoms with Crippen LogP contribution < -0.4 is 5.32 Å². The Bertz CT molecular complexity index is 549. The Hall–Kier alpha value is -1.30. The minimum absolute atomic E-state index is 0.528. The summed E-state index contributed by atoms with van der Waals surface area (Å²) in [7, 11) is 0. The number of hydrogen-bond acceptors (Lipinski definition) is 4. The number of nitrogens with zero attached hydrogens (tertiary/aromatic N) is 2. The standard InChI is InChI=1S/C15H19N3OS/c19-15(6-7-20-12-15)11-16-8-13-9-17-18(10-13)14-4-2-1-3-5-14/h1-5,9-10,16,19H,6-8,11-12H2. The maximum atomic E-state index is 10.2. The van der Waals surface area contributed by atoms with E-state index < -0.39 is 5.60 Å². The second-order valence-electron chi connectivity index (χ2n) is 5.26. The van der Waals surface area contributed by atoms with Crippen LogP contribution in [-0.2, 0) is 6.54 Å². The minimum Gasteiger partial charge on any atom is -0.388 e. The molecule has 1 atom stereocenters. The molecule has 3 rings (SSSR count). The molecule has 2 aromatic rings. The van der Waals surface area contributed by atoms with E-state index in [1.807, 2.05) is 59.2 Å².